The van der Waals surface area contributed by atoms with Crippen LogP contribution < -0.4 is 10.6 Å². The highest BCUT2D eigenvalue weighted by Gasteiger charge is 2.13. The Hall–Kier alpha value is -0.810. The van der Waals surface area contributed by atoms with Crippen LogP contribution >= 0.6 is 0 Å². The van der Waals surface area contributed by atoms with Crippen LogP contribution in [0.15, 0.2) is 4.99 Å². The molecule has 1 saturated heterocycles. The van der Waals surface area contributed by atoms with Crippen LogP contribution in [0, 0.1) is 5.92 Å². The molecule has 2 aliphatic rings. The molecule has 0 radical (unpaired) electrons. The number of aliphatic imine (C=N–C) groups is 1. The minimum atomic E-state index is 0.921. The third-order valence-electron chi connectivity index (χ3n) is 5.87. The van der Waals surface area contributed by atoms with Gasteiger partial charge < -0.3 is 20.4 Å². The lowest BCUT2D eigenvalue weighted by Gasteiger charge is -2.21. The van der Waals surface area contributed by atoms with E-state index in [1.807, 2.05) is 0 Å². The lowest BCUT2D eigenvalue weighted by Crippen LogP contribution is -2.38. The zero-order chi connectivity index (χ0) is 18.5. The van der Waals surface area contributed by atoms with Crippen molar-refractivity contribution in [2.24, 2.45) is 10.9 Å². The third kappa shape index (κ3) is 9.22. The van der Waals surface area contributed by atoms with E-state index in [4.69, 9.17) is 4.99 Å². The fourth-order valence-electron chi connectivity index (χ4n) is 4.22. The first kappa shape index (κ1) is 21.5. The molecule has 0 aromatic rings. The summed E-state index contributed by atoms with van der Waals surface area (Å²) < 4.78 is 0. The zero-order valence-electron chi connectivity index (χ0n) is 17.4. The average Bonchev–Trinajstić information content (AvgIpc) is 2.87. The molecule has 2 fully saturated rings. The highest BCUT2D eigenvalue weighted by molar-refractivity contribution is 5.79. The van der Waals surface area contributed by atoms with Crippen molar-refractivity contribution in [3.63, 3.8) is 0 Å². The van der Waals surface area contributed by atoms with E-state index in [9.17, 15) is 0 Å². The molecule has 152 valence electrons. The van der Waals surface area contributed by atoms with Crippen LogP contribution in [0.2, 0.25) is 0 Å². The molecular weight excluding hydrogens is 322 g/mol. The summed E-state index contributed by atoms with van der Waals surface area (Å²) in [7, 11) is 2.23. The van der Waals surface area contributed by atoms with Crippen molar-refractivity contribution in [2.45, 2.75) is 64.7 Å². The molecule has 0 aromatic heterocycles. The Balaban J connectivity index is 1.57. The molecule has 1 aliphatic carbocycles. The fraction of sp³-hybridized carbons (Fsp3) is 0.952. The summed E-state index contributed by atoms with van der Waals surface area (Å²) in [6.07, 6.45) is 12.4. The van der Waals surface area contributed by atoms with Crippen molar-refractivity contribution < 1.29 is 0 Å². The molecule has 2 N–H and O–H groups in total. The van der Waals surface area contributed by atoms with Crippen molar-refractivity contribution in [1.82, 2.24) is 20.4 Å². The smallest absolute Gasteiger partial charge is 0.191 e. The number of guanidine groups is 1. The summed E-state index contributed by atoms with van der Waals surface area (Å²) in [6.45, 7) is 11.1. The van der Waals surface area contributed by atoms with Crippen molar-refractivity contribution in [3.8, 4) is 0 Å². The van der Waals surface area contributed by atoms with Crippen LogP contribution in [0.5, 0.6) is 0 Å². The van der Waals surface area contributed by atoms with Gasteiger partial charge in [-0.2, -0.15) is 0 Å². The maximum atomic E-state index is 4.78. The molecule has 0 spiro atoms. The average molecular weight is 366 g/mol. The van der Waals surface area contributed by atoms with E-state index in [1.165, 1.54) is 84.1 Å². The molecule has 5 heteroatoms. The van der Waals surface area contributed by atoms with E-state index in [-0.39, 0.29) is 0 Å². The second-order valence-electron chi connectivity index (χ2n) is 8.19. The van der Waals surface area contributed by atoms with Gasteiger partial charge >= 0.3 is 0 Å². The van der Waals surface area contributed by atoms with Crippen molar-refractivity contribution in [1.29, 1.82) is 0 Å². The second kappa shape index (κ2) is 13.4. The van der Waals surface area contributed by atoms with E-state index in [0.29, 0.717) is 0 Å². The molecule has 26 heavy (non-hydrogen) atoms. The van der Waals surface area contributed by atoms with Gasteiger partial charge in [0.05, 0.1) is 0 Å². The molecule has 2 rings (SSSR count). The summed E-state index contributed by atoms with van der Waals surface area (Å²) in [5, 5.41) is 6.93. The summed E-state index contributed by atoms with van der Waals surface area (Å²) in [5.74, 6) is 1.99. The van der Waals surface area contributed by atoms with E-state index < -0.39 is 0 Å². The highest BCUT2D eigenvalue weighted by Crippen LogP contribution is 2.26. The van der Waals surface area contributed by atoms with Gasteiger partial charge in [0.1, 0.15) is 0 Å². The van der Waals surface area contributed by atoms with Crippen LogP contribution in [-0.2, 0) is 0 Å². The monoisotopic (exact) mass is 365 g/mol. The molecule has 0 aromatic carbocycles. The van der Waals surface area contributed by atoms with Crippen LogP contribution in [-0.4, -0.2) is 75.2 Å². The number of likely N-dealkylation sites (N-methyl/N-ethyl adjacent to an activating group) is 1. The minimum absolute atomic E-state index is 0.921. The zero-order valence-corrected chi connectivity index (χ0v) is 17.4. The molecule has 0 amide bonds. The normalized spacial score (nSPS) is 21.5. The molecule has 0 bridgehead atoms. The molecule has 1 heterocycles. The summed E-state index contributed by atoms with van der Waals surface area (Å²) in [4.78, 5) is 9.82. The molecule has 0 unspecified atom stereocenters. The van der Waals surface area contributed by atoms with Gasteiger partial charge in [-0.3, -0.25) is 4.99 Å². The van der Waals surface area contributed by atoms with Crippen molar-refractivity contribution in [3.05, 3.63) is 0 Å². The summed E-state index contributed by atoms with van der Waals surface area (Å²) in [6, 6.07) is 0. The minimum Gasteiger partial charge on any atom is -0.357 e. The number of hydrogen-bond acceptors (Lipinski definition) is 3. The maximum Gasteiger partial charge on any atom is 0.191 e. The summed E-state index contributed by atoms with van der Waals surface area (Å²) >= 11 is 0. The highest BCUT2D eigenvalue weighted by atomic mass is 15.2. The quantitative estimate of drug-likeness (QED) is 0.375. The predicted octanol–water partition coefficient (Wildman–Crippen LogP) is 2.93. The SMILES string of the molecule is CCNC(=NCCCN1CCCN(C)CC1)NCCCC1CCCCC1. The molecule has 0 atom stereocenters. The first-order valence-electron chi connectivity index (χ1n) is 11.2. The van der Waals surface area contributed by atoms with Crippen LogP contribution in [0.3, 0.4) is 0 Å². The van der Waals surface area contributed by atoms with Gasteiger partial charge in [-0.1, -0.05) is 32.1 Å². The topological polar surface area (TPSA) is 42.9 Å². The van der Waals surface area contributed by atoms with Crippen molar-refractivity contribution >= 4 is 5.96 Å². The van der Waals surface area contributed by atoms with E-state index in [2.05, 4.69) is 34.4 Å². The third-order valence-corrected chi connectivity index (χ3v) is 5.87. The Morgan fingerprint density at radius 3 is 2.62 bits per heavy atom. The van der Waals surface area contributed by atoms with Gasteiger partial charge in [-0.15, -0.1) is 0 Å². The Bertz CT molecular complexity index is 379. The Kier molecular flexibility index (Phi) is 11.1. The number of hydrogen-bond donors (Lipinski definition) is 2. The summed E-state index contributed by atoms with van der Waals surface area (Å²) in [5.41, 5.74) is 0. The van der Waals surface area contributed by atoms with E-state index >= 15 is 0 Å². The Labute approximate surface area is 162 Å². The standard InChI is InChI=1S/C21H43N5/c1-3-22-21(23-13-7-12-20-10-5-4-6-11-20)24-14-8-16-26-17-9-15-25(2)18-19-26/h20H,3-19H2,1-2H3,(H2,22,23,24). The first-order valence-corrected chi connectivity index (χ1v) is 11.2. The molecule has 5 nitrogen and oxygen atoms in total. The Morgan fingerprint density at radius 2 is 1.81 bits per heavy atom. The number of nitrogens with zero attached hydrogens (tertiary/aromatic N) is 3. The predicted molar refractivity (Wildman–Crippen MR) is 113 cm³/mol. The fourth-order valence-corrected chi connectivity index (χ4v) is 4.22. The van der Waals surface area contributed by atoms with Gasteiger partial charge in [0.25, 0.3) is 0 Å². The van der Waals surface area contributed by atoms with Gasteiger partial charge in [-0.25, -0.2) is 0 Å². The van der Waals surface area contributed by atoms with Gasteiger partial charge in [-0.05, 0) is 65.2 Å². The van der Waals surface area contributed by atoms with Crippen LogP contribution in [0.25, 0.3) is 0 Å². The van der Waals surface area contributed by atoms with E-state index in [0.717, 1.165) is 37.9 Å². The van der Waals surface area contributed by atoms with Crippen LogP contribution in [0.4, 0.5) is 0 Å². The Morgan fingerprint density at radius 1 is 0.962 bits per heavy atom. The lowest BCUT2D eigenvalue weighted by atomic mass is 9.86. The molecular formula is C21H43N5. The van der Waals surface area contributed by atoms with Gasteiger partial charge in [0.2, 0.25) is 0 Å². The molecule has 1 saturated carbocycles. The number of rotatable bonds is 9. The van der Waals surface area contributed by atoms with Gasteiger partial charge in [0, 0.05) is 32.7 Å². The largest absolute Gasteiger partial charge is 0.357 e. The molecule has 1 aliphatic heterocycles. The maximum absolute atomic E-state index is 4.78. The van der Waals surface area contributed by atoms with Crippen molar-refractivity contribution in [2.75, 3.05) is 59.4 Å². The second-order valence-corrected chi connectivity index (χ2v) is 8.19. The number of nitrogens with one attached hydrogen (secondary N) is 2. The van der Waals surface area contributed by atoms with Crippen LogP contribution in [0.1, 0.15) is 64.7 Å². The van der Waals surface area contributed by atoms with Gasteiger partial charge in [0.15, 0.2) is 5.96 Å². The lowest BCUT2D eigenvalue weighted by molar-refractivity contribution is 0.275. The van der Waals surface area contributed by atoms with E-state index in [1.54, 1.807) is 0 Å². The first-order chi connectivity index (χ1) is 12.8.